The van der Waals surface area contributed by atoms with Gasteiger partial charge in [-0.05, 0) is 45.4 Å². The van der Waals surface area contributed by atoms with Crippen LogP contribution in [0.4, 0.5) is 0 Å². The number of carbonyl (C=O) groups excluding carboxylic acids is 1. The molecule has 1 N–H and O–H groups in total. The molecular formula is C23H27N3O3. The summed E-state index contributed by atoms with van der Waals surface area (Å²) in [5.41, 5.74) is 5.94. The Balaban J connectivity index is 1.95. The zero-order valence-electron chi connectivity index (χ0n) is 17.4. The monoisotopic (exact) mass is 393 g/mol. The Morgan fingerprint density at radius 2 is 1.93 bits per heavy atom. The predicted octanol–water partition coefficient (Wildman–Crippen LogP) is 3.90. The molecule has 0 radical (unpaired) electrons. The highest BCUT2D eigenvalue weighted by atomic mass is 16.5. The van der Waals surface area contributed by atoms with Gasteiger partial charge in [0.25, 0.3) is 0 Å². The van der Waals surface area contributed by atoms with Crippen molar-refractivity contribution in [1.82, 2.24) is 14.7 Å². The first-order chi connectivity index (χ1) is 14.0. The van der Waals surface area contributed by atoms with Crippen molar-refractivity contribution < 1.29 is 14.3 Å². The molecule has 3 heterocycles. The third-order valence-corrected chi connectivity index (χ3v) is 5.40. The largest absolute Gasteiger partial charge is 0.493 e. The molecular weight excluding hydrogens is 366 g/mol. The summed E-state index contributed by atoms with van der Waals surface area (Å²) in [5, 5.41) is 2.99. The van der Waals surface area contributed by atoms with E-state index in [2.05, 4.69) is 28.9 Å². The molecule has 1 amide bonds. The van der Waals surface area contributed by atoms with Gasteiger partial charge in [-0.1, -0.05) is 12.1 Å². The minimum Gasteiger partial charge on any atom is -0.493 e. The third-order valence-electron chi connectivity index (χ3n) is 5.40. The van der Waals surface area contributed by atoms with Crippen molar-refractivity contribution in [1.29, 1.82) is 0 Å². The van der Waals surface area contributed by atoms with E-state index in [1.54, 1.807) is 0 Å². The Bertz CT molecular complexity index is 1070. The molecule has 29 heavy (non-hydrogen) atoms. The van der Waals surface area contributed by atoms with E-state index < -0.39 is 0 Å². The van der Waals surface area contributed by atoms with E-state index in [0.717, 1.165) is 45.2 Å². The van der Waals surface area contributed by atoms with Crippen molar-refractivity contribution in [3.8, 4) is 11.5 Å². The van der Waals surface area contributed by atoms with E-state index in [1.165, 1.54) is 0 Å². The number of amides is 1. The van der Waals surface area contributed by atoms with Crippen LogP contribution in [0.5, 0.6) is 11.5 Å². The summed E-state index contributed by atoms with van der Waals surface area (Å²) in [4.78, 5) is 17.3. The molecule has 3 aromatic rings. The third kappa shape index (κ3) is 3.43. The fourth-order valence-electron chi connectivity index (χ4n) is 4.13. The number of hydrogen-bond donors (Lipinski definition) is 1. The summed E-state index contributed by atoms with van der Waals surface area (Å²) in [6.45, 7) is 9.58. The van der Waals surface area contributed by atoms with Crippen molar-refractivity contribution in [2.45, 2.75) is 46.6 Å². The molecule has 0 fully saturated rings. The summed E-state index contributed by atoms with van der Waals surface area (Å²) in [7, 11) is 0. The second-order valence-corrected chi connectivity index (χ2v) is 7.38. The van der Waals surface area contributed by atoms with Gasteiger partial charge in [-0.3, -0.25) is 4.79 Å². The molecule has 1 aromatic carbocycles. The lowest BCUT2D eigenvalue weighted by Crippen LogP contribution is -2.21. The molecule has 0 spiro atoms. The first-order valence-corrected chi connectivity index (χ1v) is 10.2. The Kier molecular flexibility index (Phi) is 5.18. The first-order valence-electron chi connectivity index (χ1n) is 10.2. The van der Waals surface area contributed by atoms with Crippen molar-refractivity contribution in [3.05, 3.63) is 58.5 Å². The summed E-state index contributed by atoms with van der Waals surface area (Å²) < 4.78 is 14.0. The van der Waals surface area contributed by atoms with Crippen LogP contribution in [0.3, 0.4) is 0 Å². The number of nitrogens with one attached hydrogen (secondary N) is 1. The van der Waals surface area contributed by atoms with Gasteiger partial charge >= 0.3 is 0 Å². The van der Waals surface area contributed by atoms with Gasteiger partial charge in [0, 0.05) is 29.7 Å². The number of aromatic nitrogens is 2. The maximum atomic E-state index is 12.5. The van der Waals surface area contributed by atoms with Gasteiger partial charge in [0.15, 0.2) is 0 Å². The van der Waals surface area contributed by atoms with Crippen LogP contribution in [0.15, 0.2) is 30.5 Å². The van der Waals surface area contributed by atoms with Gasteiger partial charge < -0.3 is 19.2 Å². The lowest BCUT2D eigenvalue weighted by molar-refractivity contribution is -0.121. The van der Waals surface area contributed by atoms with E-state index >= 15 is 0 Å². The van der Waals surface area contributed by atoms with Crippen LogP contribution in [0, 0.1) is 13.8 Å². The molecule has 0 saturated heterocycles. The molecule has 1 unspecified atom stereocenters. The van der Waals surface area contributed by atoms with Gasteiger partial charge in [0.2, 0.25) is 5.91 Å². The summed E-state index contributed by atoms with van der Waals surface area (Å²) in [6.07, 6.45) is 2.44. The summed E-state index contributed by atoms with van der Waals surface area (Å²) in [6, 6.07) is 8.09. The minimum absolute atomic E-state index is 0.0170. The van der Waals surface area contributed by atoms with Gasteiger partial charge in [-0.2, -0.15) is 0 Å². The van der Waals surface area contributed by atoms with E-state index in [-0.39, 0.29) is 11.8 Å². The van der Waals surface area contributed by atoms with Crippen LogP contribution in [-0.4, -0.2) is 28.5 Å². The zero-order chi connectivity index (χ0) is 20.5. The molecule has 1 atom stereocenters. The van der Waals surface area contributed by atoms with Crippen LogP contribution in [-0.2, 0) is 11.3 Å². The number of ether oxygens (including phenoxy) is 2. The van der Waals surface area contributed by atoms with Gasteiger partial charge in [0.05, 0.1) is 31.1 Å². The average Bonchev–Trinajstić information content (AvgIpc) is 2.97. The number of imidazole rings is 1. The number of aryl methyl sites for hydroxylation is 1. The van der Waals surface area contributed by atoms with Crippen LogP contribution in [0.1, 0.15) is 54.3 Å². The summed E-state index contributed by atoms with van der Waals surface area (Å²) >= 11 is 0. The Morgan fingerprint density at radius 3 is 2.69 bits per heavy atom. The Hall–Kier alpha value is -3.02. The normalized spacial score (nSPS) is 16.3. The van der Waals surface area contributed by atoms with E-state index in [1.807, 2.05) is 39.0 Å². The van der Waals surface area contributed by atoms with Crippen molar-refractivity contribution in [2.75, 3.05) is 13.2 Å². The smallest absolute Gasteiger partial charge is 0.221 e. The lowest BCUT2D eigenvalue weighted by Gasteiger charge is -2.22. The molecule has 0 aliphatic carbocycles. The van der Waals surface area contributed by atoms with Crippen LogP contribution in [0.25, 0.3) is 5.65 Å². The number of benzene rings is 1. The number of fused-ring (bicyclic) bond motifs is 3. The summed E-state index contributed by atoms with van der Waals surface area (Å²) in [5.74, 6) is 1.47. The molecule has 152 valence electrons. The molecule has 2 aromatic heterocycles. The number of carbonyl (C=O) groups is 1. The zero-order valence-corrected chi connectivity index (χ0v) is 17.4. The van der Waals surface area contributed by atoms with Crippen molar-refractivity contribution >= 4 is 11.6 Å². The maximum absolute atomic E-state index is 12.5. The molecule has 1 aliphatic heterocycles. The lowest BCUT2D eigenvalue weighted by atomic mass is 9.89. The Morgan fingerprint density at radius 1 is 1.14 bits per heavy atom. The highest BCUT2D eigenvalue weighted by molar-refractivity contribution is 5.79. The molecule has 4 rings (SSSR count). The fourth-order valence-corrected chi connectivity index (χ4v) is 4.13. The van der Waals surface area contributed by atoms with Crippen molar-refractivity contribution in [3.63, 3.8) is 0 Å². The molecule has 0 bridgehead atoms. The highest BCUT2D eigenvalue weighted by Gasteiger charge is 2.31. The van der Waals surface area contributed by atoms with Gasteiger partial charge in [-0.15, -0.1) is 0 Å². The second kappa shape index (κ2) is 7.78. The van der Waals surface area contributed by atoms with E-state index in [9.17, 15) is 4.79 Å². The molecule has 6 heteroatoms. The van der Waals surface area contributed by atoms with Crippen LogP contribution >= 0.6 is 0 Å². The number of rotatable bonds is 5. The highest BCUT2D eigenvalue weighted by Crippen LogP contribution is 2.42. The van der Waals surface area contributed by atoms with Gasteiger partial charge in [0.1, 0.15) is 17.1 Å². The van der Waals surface area contributed by atoms with Crippen molar-refractivity contribution in [2.24, 2.45) is 0 Å². The number of hydrogen-bond acceptors (Lipinski definition) is 4. The molecule has 0 saturated carbocycles. The number of pyridine rings is 1. The molecule has 6 nitrogen and oxygen atoms in total. The van der Waals surface area contributed by atoms with E-state index in [4.69, 9.17) is 14.5 Å². The van der Waals surface area contributed by atoms with Crippen LogP contribution in [0.2, 0.25) is 0 Å². The fraction of sp³-hybridized carbons (Fsp3) is 0.391. The predicted molar refractivity (Wildman–Crippen MR) is 112 cm³/mol. The number of nitrogens with zero attached hydrogens (tertiary/aromatic N) is 2. The van der Waals surface area contributed by atoms with E-state index in [0.29, 0.717) is 26.2 Å². The maximum Gasteiger partial charge on any atom is 0.221 e. The first kappa shape index (κ1) is 19.3. The molecule has 1 aliphatic rings. The minimum atomic E-state index is -0.153. The Labute approximate surface area is 170 Å². The topological polar surface area (TPSA) is 64.9 Å². The average molecular weight is 393 g/mol. The van der Waals surface area contributed by atoms with Crippen LogP contribution < -0.4 is 14.8 Å². The SMILES string of the molecule is CCOc1ccc(C2CC(=O)NCc3nc4ccc(C)cn4c32)c(OCC)c1C. The van der Waals surface area contributed by atoms with Gasteiger partial charge in [-0.25, -0.2) is 4.98 Å². The second-order valence-electron chi connectivity index (χ2n) is 7.38. The quantitative estimate of drug-likeness (QED) is 0.714. The standard InChI is InChI=1S/C23H27N3O3/c1-5-28-19-9-8-16(23(15(19)4)29-6-2)17-11-21(27)24-12-18-22(17)26-13-14(3)7-10-20(26)25-18/h7-10,13,17H,5-6,11-12H2,1-4H3,(H,24,27).